The predicted molar refractivity (Wildman–Crippen MR) is 25.3 cm³/mol. The van der Waals surface area contributed by atoms with Crippen LogP contribution in [0.25, 0.3) is 0 Å². The highest BCUT2D eigenvalue weighted by Crippen LogP contribution is 1.63. The van der Waals surface area contributed by atoms with Crippen molar-refractivity contribution in [1.29, 1.82) is 0 Å². The second-order valence-electron chi connectivity index (χ2n) is 0.750. The van der Waals surface area contributed by atoms with Crippen LogP contribution in [0.3, 0.4) is 0 Å². The van der Waals surface area contributed by atoms with Crippen LogP contribution in [-0.2, 0) is 12.6 Å². The highest BCUT2D eigenvalue weighted by atomic mass is 32.1. The van der Waals surface area contributed by atoms with E-state index in [0.717, 1.165) is 5.75 Å². The van der Waals surface area contributed by atoms with E-state index in [1.165, 1.54) is 6.42 Å². The molecule has 0 nitrogen and oxygen atoms in total. The van der Waals surface area contributed by atoms with Crippen molar-refractivity contribution < 1.29 is 0 Å². The molecule has 0 aliphatic heterocycles. The first kappa shape index (κ1) is 4.35. The summed E-state index contributed by atoms with van der Waals surface area (Å²) in [6.45, 7) is 2.13. The average Bonchev–Trinajstić information content (AvgIpc) is 1.37. The maximum atomic E-state index is 3.29. The van der Waals surface area contributed by atoms with Crippen LogP contribution in [-0.4, -0.2) is 5.75 Å². The number of hydrogen-bond acceptors (Lipinski definition) is 0. The third-order valence-electron chi connectivity index (χ3n) is 0.250. The van der Waals surface area contributed by atoms with Gasteiger partial charge in [0.25, 0.3) is 0 Å². The third kappa shape index (κ3) is 2.35. The number of hydrogen-bond donors (Lipinski definition) is 0. The SMILES string of the molecule is CCC[SH2+]. The average molecular weight is 77.2 g/mol. The summed E-state index contributed by atoms with van der Waals surface area (Å²) >= 11 is 3.29. The Morgan fingerprint density at radius 1 is 1.75 bits per heavy atom. The van der Waals surface area contributed by atoms with Gasteiger partial charge in [0, 0.05) is 0 Å². The molecule has 0 aromatic carbocycles. The fraction of sp³-hybridized carbons (Fsp3) is 1.00. The fourth-order valence-corrected chi connectivity index (χ4v) is 0. The summed E-state index contributed by atoms with van der Waals surface area (Å²) < 4.78 is 0. The van der Waals surface area contributed by atoms with Crippen molar-refractivity contribution in [2.45, 2.75) is 13.3 Å². The normalized spacial score (nSPS) is 7.50. The molecule has 26 valence electrons. The molecule has 0 unspecified atom stereocenters. The largest absolute Gasteiger partial charge is 0.103 e. The molecule has 0 saturated carbocycles. The summed E-state index contributed by atoms with van der Waals surface area (Å²) in [5, 5.41) is 0. The van der Waals surface area contributed by atoms with Crippen molar-refractivity contribution in [3.8, 4) is 0 Å². The minimum absolute atomic E-state index is 1.12. The Labute approximate surface area is 32.6 Å². The number of rotatable bonds is 1. The molecule has 0 aliphatic carbocycles. The summed E-state index contributed by atoms with van der Waals surface area (Å²) in [6.07, 6.45) is 1.23. The molecule has 4 heavy (non-hydrogen) atoms. The zero-order valence-electron chi connectivity index (χ0n) is 2.91. The first-order chi connectivity index (χ1) is 1.91. The molecule has 0 aromatic heterocycles. The highest BCUT2D eigenvalue weighted by Gasteiger charge is 1.64. The van der Waals surface area contributed by atoms with E-state index in [1.54, 1.807) is 0 Å². The minimum atomic E-state index is 1.12. The first-order valence-corrected chi connectivity index (χ1v) is 2.27. The van der Waals surface area contributed by atoms with Gasteiger partial charge in [0.2, 0.25) is 0 Å². The van der Waals surface area contributed by atoms with Crippen LogP contribution in [0.1, 0.15) is 13.3 Å². The van der Waals surface area contributed by atoms with E-state index in [0.29, 0.717) is 0 Å². The Balaban J connectivity index is 1.97. The van der Waals surface area contributed by atoms with Crippen LogP contribution in [0.15, 0.2) is 0 Å². The Kier molecular flexibility index (Phi) is 3.64. The van der Waals surface area contributed by atoms with Crippen LogP contribution >= 0.6 is 0 Å². The molecule has 0 fully saturated rings. The van der Waals surface area contributed by atoms with Gasteiger partial charge in [0.05, 0.1) is 0 Å². The van der Waals surface area contributed by atoms with Crippen LogP contribution < -0.4 is 0 Å². The van der Waals surface area contributed by atoms with Gasteiger partial charge in [-0.1, -0.05) is 6.92 Å². The van der Waals surface area contributed by atoms with Crippen LogP contribution in [0.4, 0.5) is 0 Å². The Hall–Kier alpha value is 0.350. The molecule has 1 heteroatoms. The third-order valence-corrected chi connectivity index (χ3v) is 0.750. The molecular weight excluding hydrogens is 68.1 g/mol. The molecule has 0 N–H and O–H groups in total. The standard InChI is InChI=1S/C3H8S/c1-2-3-4/h4H,2-3H2,1H3/p+1. The smallest absolute Gasteiger partial charge is 0.0609 e. The van der Waals surface area contributed by atoms with Gasteiger partial charge in [-0.25, -0.2) is 0 Å². The van der Waals surface area contributed by atoms with E-state index in [-0.39, 0.29) is 0 Å². The van der Waals surface area contributed by atoms with E-state index in [4.69, 9.17) is 0 Å². The van der Waals surface area contributed by atoms with Crippen molar-refractivity contribution in [3.63, 3.8) is 0 Å². The highest BCUT2D eigenvalue weighted by molar-refractivity contribution is 7.58. The summed E-state index contributed by atoms with van der Waals surface area (Å²) in [5.74, 6) is 1.12. The summed E-state index contributed by atoms with van der Waals surface area (Å²) in [7, 11) is 0. The van der Waals surface area contributed by atoms with Gasteiger partial charge in [-0.3, -0.25) is 0 Å². The van der Waals surface area contributed by atoms with E-state index in [1.807, 2.05) is 0 Å². The Bertz CT molecular complexity index is 5.25. The van der Waals surface area contributed by atoms with Gasteiger partial charge in [-0.2, -0.15) is 0 Å². The molecule has 0 radical (unpaired) electrons. The predicted octanol–water partition coefficient (Wildman–Crippen LogP) is 0.408. The van der Waals surface area contributed by atoms with Crippen molar-refractivity contribution in [2.75, 3.05) is 5.75 Å². The lowest BCUT2D eigenvalue weighted by atomic mass is 10.6. The molecular formula is C3H9S+. The summed E-state index contributed by atoms with van der Waals surface area (Å²) in [5.41, 5.74) is 0. The van der Waals surface area contributed by atoms with E-state index >= 15 is 0 Å². The maximum absolute atomic E-state index is 3.29. The van der Waals surface area contributed by atoms with Gasteiger partial charge in [0.1, 0.15) is 5.75 Å². The van der Waals surface area contributed by atoms with Crippen LogP contribution in [0.2, 0.25) is 0 Å². The minimum Gasteiger partial charge on any atom is -0.0609 e. The molecule has 0 aliphatic rings. The summed E-state index contributed by atoms with van der Waals surface area (Å²) in [4.78, 5) is 0. The first-order valence-electron chi connectivity index (χ1n) is 1.56. The van der Waals surface area contributed by atoms with Gasteiger partial charge in [0.15, 0.2) is 0 Å². The molecule has 0 heterocycles. The van der Waals surface area contributed by atoms with E-state index < -0.39 is 0 Å². The van der Waals surface area contributed by atoms with Crippen molar-refractivity contribution in [3.05, 3.63) is 0 Å². The molecule has 0 bridgehead atoms. The lowest BCUT2D eigenvalue weighted by molar-refractivity contribution is 1.11. The van der Waals surface area contributed by atoms with Gasteiger partial charge >= 0.3 is 0 Å². The second-order valence-corrected chi connectivity index (χ2v) is 1.25. The lowest BCUT2D eigenvalue weighted by Gasteiger charge is -1.60. The molecule has 0 atom stereocenters. The summed E-state index contributed by atoms with van der Waals surface area (Å²) in [6, 6.07) is 0. The van der Waals surface area contributed by atoms with E-state index in [9.17, 15) is 0 Å². The monoisotopic (exact) mass is 77.0 g/mol. The molecule has 0 aromatic rings. The van der Waals surface area contributed by atoms with Crippen molar-refractivity contribution in [1.82, 2.24) is 0 Å². The lowest BCUT2D eigenvalue weighted by Crippen LogP contribution is -1.64. The van der Waals surface area contributed by atoms with Gasteiger partial charge in [-0.05, 0) is 19.0 Å². The Morgan fingerprint density at radius 2 is 2.00 bits per heavy atom. The van der Waals surface area contributed by atoms with E-state index in [2.05, 4.69) is 19.6 Å². The van der Waals surface area contributed by atoms with Crippen LogP contribution in [0.5, 0.6) is 0 Å². The maximum Gasteiger partial charge on any atom is 0.103 e. The van der Waals surface area contributed by atoms with Crippen molar-refractivity contribution >= 4 is 12.6 Å². The quantitative estimate of drug-likeness (QED) is 0.398. The topological polar surface area (TPSA) is 0 Å². The fourth-order valence-electron chi connectivity index (χ4n) is 0. The molecule has 0 amide bonds. The molecule has 0 saturated heterocycles. The zero-order chi connectivity index (χ0) is 3.41. The molecule has 0 rings (SSSR count). The molecule has 0 spiro atoms. The van der Waals surface area contributed by atoms with Gasteiger partial charge in [-0.15, -0.1) is 0 Å². The van der Waals surface area contributed by atoms with Crippen LogP contribution in [0, 0.1) is 0 Å². The second kappa shape index (κ2) is 3.35. The van der Waals surface area contributed by atoms with Gasteiger partial charge < -0.3 is 0 Å². The Morgan fingerprint density at radius 3 is 2.00 bits per heavy atom. The van der Waals surface area contributed by atoms with Crippen molar-refractivity contribution in [2.24, 2.45) is 0 Å². The zero-order valence-corrected chi connectivity index (χ0v) is 3.91.